The number of para-hydroxylation sites is 1. The fourth-order valence-corrected chi connectivity index (χ4v) is 13.6. The third-order valence-corrected chi connectivity index (χ3v) is 16.9. The normalized spacial score (nSPS) is 19.0. The van der Waals surface area contributed by atoms with Gasteiger partial charge in [-0.05, 0) is 174 Å². The van der Waals surface area contributed by atoms with E-state index < -0.39 is 0 Å². The van der Waals surface area contributed by atoms with Crippen molar-refractivity contribution in [3.05, 3.63) is 179 Å². The van der Waals surface area contributed by atoms with E-state index in [1.54, 1.807) is 0 Å². The lowest BCUT2D eigenvalue weighted by atomic mass is 9.49. The van der Waals surface area contributed by atoms with Crippen LogP contribution in [0.4, 0.5) is 5.69 Å². The van der Waals surface area contributed by atoms with Crippen LogP contribution >= 0.6 is 11.6 Å². The Morgan fingerprint density at radius 3 is 1.77 bits per heavy atom. The maximum absolute atomic E-state index is 6.22. The van der Waals surface area contributed by atoms with E-state index in [1.807, 2.05) is 66.7 Å². The van der Waals surface area contributed by atoms with Crippen molar-refractivity contribution in [2.75, 3.05) is 52.3 Å². The van der Waals surface area contributed by atoms with Crippen LogP contribution in [0, 0.1) is 30.1 Å². The first kappa shape index (κ1) is 56.6. The zero-order chi connectivity index (χ0) is 56.4. The number of aryl methyl sites for hydroxylation is 1. The lowest BCUT2D eigenvalue weighted by Crippen LogP contribution is -2.50. The van der Waals surface area contributed by atoms with Gasteiger partial charge in [-0.25, -0.2) is 0 Å². The molecule has 0 amide bonds. The molecular weight excluding hydrogens is 1040 g/mol. The van der Waals surface area contributed by atoms with Crippen LogP contribution in [-0.2, 0) is 32.7 Å². The quantitative estimate of drug-likeness (QED) is 0.0759. The molecule has 9 aromatic rings. The molecule has 426 valence electrons. The number of rotatable bonds is 19. The Hall–Kier alpha value is -7.23. The molecule has 6 aromatic carbocycles. The molecule has 0 N–H and O–H groups in total. The summed E-state index contributed by atoms with van der Waals surface area (Å²) in [6.07, 6.45) is 12.4. The highest BCUT2D eigenvalue weighted by Gasteiger charge is 2.51. The van der Waals surface area contributed by atoms with E-state index in [2.05, 4.69) is 158 Å². The van der Waals surface area contributed by atoms with Crippen molar-refractivity contribution in [3.63, 3.8) is 0 Å². The fraction of sp³-hybridized carbons (Fsp3) is 0.403. The van der Waals surface area contributed by atoms with Crippen molar-refractivity contribution in [2.24, 2.45) is 23.2 Å². The van der Waals surface area contributed by atoms with Crippen molar-refractivity contribution in [3.8, 4) is 40.1 Å². The van der Waals surface area contributed by atoms with E-state index in [1.165, 1.54) is 91.1 Å². The monoisotopic (exact) mass is 1120 g/mol. The summed E-state index contributed by atoms with van der Waals surface area (Å²) >= 11 is 6.22. The molecule has 4 bridgehead atoms. The molecule has 4 heterocycles. The molecule has 3 aromatic heterocycles. The minimum Gasteiger partial charge on any atom is -0.493 e. The summed E-state index contributed by atoms with van der Waals surface area (Å²) in [5.41, 5.74) is 8.34. The third kappa shape index (κ3) is 14.1. The van der Waals surface area contributed by atoms with E-state index in [-0.39, 0.29) is 0 Å². The number of nitrogens with zero attached hydrogens (tertiary/aromatic N) is 10. The molecule has 4 saturated carbocycles. The highest BCUT2D eigenvalue weighted by molar-refractivity contribution is 6.33. The largest absolute Gasteiger partial charge is 0.493 e. The van der Waals surface area contributed by atoms with Gasteiger partial charge in [0.2, 0.25) is 35.3 Å². The van der Waals surface area contributed by atoms with Gasteiger partial charge >= 0.3 is 0 Å². The van der Waals surface area contributed by atoms with Gasteiger partial charge in [0.1, 0.15) is 5.75 Å². The van der Waals surface area contributed by atoms with Crippen molar-refractivity contribution < 1.29 is 18.0 Å². The molecule has 0 radical (unpaired) electrons. The number of hydrogen-bond acceptors (Lipinski definition) is 14. The van der Waals surface area contributed by atoms with Gasteiger partial charge in [0.05, 0.1) is 36.8 Å². The van der Waals surface area contributed by atoms with Crippen LogP contribution < -0.4 is 9.64 Å². The minimum atomic E-state index is 0.460. The van der Waals surface area contributed by atoms with E-state index in [4.69, 9.17) is 29.6 Å². The number of hydrogen-bond donors (Lipinski definition) is 0. The van der Waals surface area contributed by atoms with Crippen LogP contribution in [0.1, 0.15) is 99.1 Å². The predicted molar refractivity (Wildman–Crippen MR) is 324 cm³/mol. The van der Waals surface area contributed by atoms with E-state index in [0.717, 1.165) is 85.2 Å². The molecule has 1 saturated heterocycles. The predicted octanol–water partition coefficient (Wildman–Crippen LogP) is 14.6. The van der Waals surface area contributed by atoms with Gasteiger partial charge in [-0.15, -0.1) is 30.6 Å². The Kier molecular flexibility index (Phi) is 18.2. The average Bonchev–Trinajstić information content (AvgIpc) is 4.47. The van der Waals surface area contributed by atoms with Gasteiger partial charge in [0.15, 0.2) is 0 Å². The number of halogens is 1. The zero-order valence-electron chi connectivity index (χ0n) is 48.2. The molecule has 5 aliphatic rings. The van der Waals surface area contributed by atoms with Gasteiger partial charge < -0.3 is 22.9 Å². The number of benzene rings is 6. The zero-order valence-corrected chi connectivity index (χ0v) is 49.0. The van der Waals surface area contributed by atoms with Crippen LogP contribution in [0.15, 0.2) is 153 Å². The molecular formula is C67H77ClN10O4. The second-order valence-corrected chi connectivity index (χ2v) is 24.0. The van der Waals surface area contributed by atoms with E-state index in [0.29, 0.717) is 59.6 Å². The van der Waals surface area contributed by atoms with E-state index in [9.17, 15) is 0 Å². The molecule has 14 nitrogen and oxygen atoms in total. The second-order valence-electron chi connectivity index (χ2n) is 23.6. The fourth-order valence-electron chi connectivity index (χ4n) is 13.4. The Morgan fingerprint density at radius 2 is 1.11 bits per heavy atom. The maximum Gasteiger partial charge on any atom is 0.249 e. The first-order valence-corrected chi connectivity index (χ1v) is 29.8. The summed E-state index contributed by atoms with van der Waals surface area (Å²) in [4.78, 5) is 9.26. The summed E-state index contributed by atoms with van der Waals surface area (Å²) in [6.45, 7) is 11.8. The van der Waals surface area contributed by atoms with Gasteiger partial charge in [0, 0.05) is 55.1 Å². The number of fused-ring (bicyclic) bond motifs is 1. The lowest BCUT2D eigenvalue weighted by molar-refractivity contribution is -0.0676. The van der Waals surface area contributed by atoms with Crippen LogP contribution in [0.3, 0.4) is 0 Å². The molecule has 14 rings (SSSR count). The Morgan fingerprint density at radius 1 is 0.561 bits per heavy atom. The summed E-state index contributed by atoms with van der Waals surface area (Å²) in [7, 11) is 6.34. The van der Waals surface area contributed by atoms with Crippen LogP contribution in [0.25, 0.3) is 45.1 Å². The van der Waals surface area contributed by atoms with Gasteiger partial charge in [0.25, 0.3) is 0 Å². The SMILES string of the molecule is CCCOc1ccc2ccccc2c1CN(C)Cc1nnc(-c2ccccc2)o1.CN(Cc1nnc(-c2ccccc2Cl)o1)Cc1ccccc1N1CCCC1.Cc1ccc(-c2nnc(CN(C)CC34CC5CC(CC(C5)C3)C4)o2)cc1. The second kappa shape index (κ2) is 26.3. The maximum atomic E-state index is 6.22. The third-order valence-electron chi connectivity index (χ3n) is 16.6. The number of aromatic nitrogens is 6. The Balaban J connectivity index is 0.000000129. The summed E-state index contributed by atoms with van der Waals surface area (Å²) in [6, 6.07) is 46.8. The lowest BCUT2D eigenvalue weighted by Gasteiger charge is -2.57. The topological polar surface area (TPSA) is 139 Å². The molecule has 0 atom stereocenters. The summed E-state index contributed by atoms with van der Waals surface area (Å²) in [5, 5.41) is 28.3. The molecule has 5 fully saturated rings. The highest BCUT2D eigenvalue weighted by Crippen LogP contribution is 2.60. The highest BCUT2D eigenvalue weighted by atomic mass is 35.5. The summed E-state index contributed by atoms with van der Waals surface area (Å²) in [5.74, 6) is 7.51. The molecule has 4 aliphatic carbocycles. The molecule has 0 spiro atoms. The molecule has 1 aliphatic heterocycles. The van der Waals surface area contributed by atoms with Crippen molar-refractivity contribution >= 4 is 28.1 Å². The number of anilines is 1. The van der Waals surface area contributed by atoms with Crippen molar-refractivity contribution in [2.45, 2.75) is 104 Å². The molecule has 15 heteroatoms. The van der Waals surface area contributed by atoms with Gasteiger partial charge in [-0.1, -0.05) is 115 Å². The summed E-state index contributed by atoms with van der Waals surface area (Å²) < 4.78 is 23.7. The van der Waals surface area contributed by atoms with Crippen LogP contribution in [-0.4, -0.2) is 92.7 Å². The van der Waals surface area contributed by atoms with Crippen LogP contribution in [0.5, 0.6) is 5.75 Å². The standard InChI is InChI=1S/C24H25N3O2.C22H29N3O.C21H23ClN4O/c1-3-15-28-22-14-13-18-9-7-8-12-20(18)21(22)16-27(2)17-23-25-26-24(29-23)19-10-5-4-6-11-19;1-15-3-5-19(6-4-15)21-24-23-20(26-21)13-25(2)14-22-10-16-7-17(11-22)9-18(8-16)12-22;1-25(14-16-8-2-5-11-19(16)26-12-6-7-13-26)15-20-23-24-21(27-20)17-9-3-4-10-18(17)22/h4-14H,3,15-17H2,1-2H3;3-6,16-18H,7-14H2,1-2H3;2-5,8-11H,6-7,12-15H2,1H3. The minimum absolute atomic E-state index is 0.460. The van der Waals surface area contributed by atoms with Crippen LogP contribution in [0.2, 0.25) is 5.02 Å². The van der Waals surface area contributed by atoms with E-state index >= 15 is 0 Å². The first-order valence-electron chi connectivity index (χ1n) is 29.4. The molecule has 82 heavy (non-hydrogen) atoms. The van der Waals surface area contributed by atoms with Gasteiger partial charge in [-0.3, -0.25) is 14.7 Å². The molecule has 0 unspecified atom stereocenters. The Bertz CT molecular complexity index is 3450. The van der Waals surface area contributed by atoms with Gasteiger partial charge in [-0.2, -0.15) is 0 Å². The Labute approximate surface area is 487 Å². The smallest absolute Gasteiger partial charge is 0.249 e. The average molecular weight is 1120 g/mol. The number of ether oxygens (including phenoxy) is 1. The first-order chi connectivity index (χ1) is 40.0. The van der Waals surface area contributed by atoms with Crippen molar-refractivity contribution in [1.82, 2.24) is 45.3 Å². The van der Waals surface area contributed by atoms with Crippen molar-refractivity contribution in [1.29, 1.82) is 0 Å².